The molecule has 2 atom stereocenters. The van der Waals surface area contributed by atoms with Gasteiger partial charge in [0.05, 0.1) is 6.04 Å². The summed E-state index contributed by atoms with van der Waals surface area (Å²) in [5.74, 6) is 1.52. The highest BCUT2D eigenvalue weighted by Crippen LogP contribution is 2.32. The van der Waals surface area contributed by atoms with E-state index in [0.717, 1.165) is 23.6 Å². The van der Waals surface area contributed by atoms with Gasteiger partial charge in [-0.25, -0.2) is 0 Å². The lowest BCUT2D eigenvalue weighted by molar-refractivity contribution is -0.125. The number of carbonyl (C=O) groups excluding carboxylic acids is 1. The summed E-state index contributed by atoms with van der Waals surface area (Å²) in [5.41, 5.74) is 1.02. The number of benzene rings is 1. The largest absolute Gasteiger partial charge is 0.486 e. The van der Waals surface area contributed by atoms with Gasteiger partial charge in [-0.05, 0) is 31.2 Å². The fraction of sp³-hybridized carbons (Fsp3) is 0.562. The molecule has 0 spiro atoms. The zero-order chi connectivity index (χ0) is 15.2. The average Bonchev–Trinajstić information content (AvgIpc) is 2.51. The maximum Gasteiger partial charge on any atom is 0.224 e. The number of nitrogens with one attached hydrogen (secondary N) is 2. The molecule has 5 nitrogen and oxygen atoms in total. The highest BCUT2D eigenvalue weighted by molar-refractivity contribution is 5.79. The van der Waals surface area contributed by atoms with Gasteiger partial charge in [0, 0.05) is 12.5 Å². The van der Waals surface area contributed by atoms with Gasteiger partial charge in [-0.15, -0.1) is 0 Å². The molecule has 0 saturated heterocycles. The molecule has 116 valence electrons. The van der Waals surface area contributed by atoms with E-state index in [2.05, 4.69) is 10.6 Å². The average molecular weight is 292 g/mol. The van der Waals surface area contributed by atoms with Crippen LogP contribution >= 0.6 is 0 Å². The van der Waals surface area contributed by atoms with Crippen LogP contribution in [-0.2, 0) is 4.79 Å². The summed E-state index contributed by atoms with van der Waals surface area (Å²) >= 11 is 0. The van der Waals surface area contributed by atoms with Crippen molar-refractivity contribution in [3.05, 3.63) is 23.8 Å². The molecule has 2 N–H and O–H groups in total. The third-order valence-corrected chi connectivity index (χ3v) is 3.57. The van der Waals surface area contributed by atoms with Crippen LogP contribution in [0, 0.1) is 5.92 Å². The number of hydrogen-bond donors (Lipinski definition) is 2. The minimum absolute atomic E-state index is 0.0513. The number of ether oxygens (including phenoxy) is 2. The van der Waals surface area contributed by atoms with Gasteiger partial charge < -0.3 is 20.1 Å². The normalized spacial score (nSPS) is 16.1. The molecule has 0 aromatic heterocycles. The van der Waals surface area contributed by atoms with Gasteiger partial charge in [0.1, 0.15) is 13.2 Å². The van der Waals surface area contributed by atoms with E-state index in [1.165, 1.54) is 0 Å². The molecule has 0 aliphatic carbocycles. The van der Waals surface area contributed by atoms with E-state index in [4.69, 9.17) is 9.47 Å². The Morgan fingerprint density at radius 2 is 1.95 bits per heavy atom. The third-order valence-electron chi connectivity index (χ3n) is 3.57. The second-order valence-electron chi connectivity index (χ2n) is 5.34. The number of fused-ring (bicyclic) bond motifs is 1. The molecule has 1 aliphatic rings. The first-order valence-corrected chi connectivity index (χ1v) is 7.52. The summed E-state index contributed by atoms with van der Waals surface area (Å²) in [6.07, 6.45) is 0. The summed E-state index contributed by atoms with van der Waals surface area (Å²) in [6, 6.07) is 5.74. The van der Waals surface area contributed by atoms with Crippen LogP contribution in [0.1, 0.15) is 32.4 Å². The predicted molar refractivity (Wildman–Crippen MR) is 81.7 cm³/mol. The smallest absolute Gasteiger partial charge is 0.224 e. The van der Waals surface area contributed by atoms with Crippen LogP contribution in [0.5, 0.6) is 11.5 Å². The van der Waals surface area contributed by atoms with E-state index in [-0.39, 0.29) is 17.9 Å². The standard InChI is InChI=1S/C16H24N2O3/c1-4-17-10-11(2)16(19)18-12(3)13-5-6-14-15(9-13)21-8-7-20-14/h5-6,9,11-12,17H,4,7-8,10H2,1-3H3,(H,18,19). The molecule has 0 radical (unpaired) electrons. The molecule has 1 heterocycles. The molecule has 0 fully saturated rings. The van der Waals surface area contributed by atoms with Crippen molar-refractivity contribution in [1.29, 1.82) is 0 Å². The molecule has 2 rings (SSSR count). The molecule has 1 aromatic carbocycles. The van der Waals surface area contributed by atoms with Gasteiger partial charge in [0.15, 0.2) is 11.5 Å². The van der Waals surface area contributed by atoms with E-state index in [1.54, 1.807) is 0 Å². The lowest BCUT2D eigenvalue weighted by Crippen LogP contribution is -2.36. The van der Waals surface area contributed by atoms with Crippen LogP contribution in [0.25, 0.3) is 0 Å². The molecular weight excluding hydrogens is 268 g/mol. The summed E-state index contributed by atoms with van der Waals surface area (Å²) in [4.78, 5) is 12.1. The van der Waals surface area contributed by atoms with E-state index < -0.39 is 0 Å². The number of rotatable bonds is 6. The Kier molecular flexibility index (Phi) is 5.44. The maximum atomic E-state index is 12.1. The molecular formula is C16H24N2O3. The Bertz CT molecular complexity index is 490. The van der Waals surface area contributed by atoms with Crippen molar-refractivity contribution in [2.45, 2.75) is 26.8 Å². The number of amides is 1. The zero-order valence-electron chi connectivity index (χ0n) is 12.9. The molecule has 5 heteroatoms. The van der Waals surface area contributed by atoms with Gasteiger partial charge in [-0.1, -0.05) is 19.9 Å². The summed E-state index contributed by atoms with van der Waals surface area (Å²) in [6.45, 7) is 8.64. The second-order valence-corrected chi connectivity index (χ2v) is 5.34. The SMILES string of the molecule is CCNCC(C)C(=O)NC(C)c1ccc2c(c1)OCCO2. The van der Waals surface area contributed by atoms with E-state index in [1.807, 2.05) is 39.0 Å². The Labute approximate surface area is 126 Å². The quantitative estimate of drug-likeness (QED) is 0.840. The van der Waals surface area contributed by atoms with Crippen molar-refractivity contribution < 1.29 is 14.3 Å². The minimum atomic E-state index is -0.0580. The molecule has 2 unspecified atom stereocenters. The highest BCUT2D eigenvalue weighted by atomic mass is 16.6. The first-order valence-electron chi connectivity index (χ1n) is 7.52. The molecule has 1 aliphatic heterocycles. The van der Waals surface area contributed by atoms with Crippen molar-refractivity contribution in [3.63, 3.8) is 0 Å². The van der Waals surface area contributed by atoms with Crippen LogP contribution in [0.4, 0.5) is 0 Å². The highest BCUT2D eigenvalue weighted by Gasteiger charge is 2.18. The van der Waals surface area contributed by atoms with Crippen LogP contribution < -0.4 is 20.1 Å². The van der Waals surface area contributed by atoms with Crippen molar-refractivity contribution in [2.24, 2.45) is 5.92 Å². The lowest BCUT2D eigenvalue weighted by atomic mass is 10.1. The number of hydrogen-bond acceptors (Lipinski definition) is 4. The molecule has 0 saturated carbocycles. The molecule has 21 heavy (non-hydrogen) atoms. The van der Waals surface area contributed by atoms with E-state index in [9.17, 15) is 4.79 Å². The summed E-state index contributed by atoms with van der Waals surface area (Å²) < 4.78 is 11.1. The third kappa shape index (κ3) is 4.11. The Balaban J connectivity index is 1.96. The lowest BCUT2D eigenvalue weighted by Gasteiger charge is -2.22. The van der Waals surface area contributed by atoms with Crippen LogP contribution in [0.3, 0.4) is 0 Å². The van der Waals surface area contributed by atoms with Crippen molar-refractivity contribution in [2.75, 3.05) is 26.3 Å². The number of carbonyl (C=O) groups is 1. The second kappa shape index (κ2) is 7.31. The van der Waals surface area contributed by atoms with Crippen molar-refractivity contribution >= 4 is 5.91 Å². The topological polar surface area (TPSA) is 59.6 Å². The predicted octanol–water partition coefficient (Wildman–Crippen LogP) is 1.88. The monoisotopic (exact) mass is 292 g/mol. The van der Waals surface area contributed by atoms with Crippen LogP contribution in [0.15, 0.2) is 18.2 Å². The Hall–Kier alpha value is -1.75. The van der Waals surface area contributed by atoms with Gasteiger partial charge in [0.25, 0.3) is 0 Å². The van der Waals surface area contributed by atoms with Gasteiger partial charge in [0.2, 0.25) is 5.91 Å². The Morgan fingerprint density at radius 1 is 1.24 bits per heavy atom. The molecule has 1 amide bonds. The summed E-state index contributed by atoms with van der Waals surface area (Å²) in [5, 5.41) is 6.22. The van der Waals surface area contributed by atoms with E-state index in [0.29, 0.717) is 19.8 Å². The minimum Gasteiger partial charge on any atom is -0.486 e. The van der Waals surface area contributed by atoms with Gasteiger partial charge in [-0.3, -0.25) is 4.79 Å². The maximum absolute atomic E-state index is 12.1. The zero-order valence-corrected chi connectivity index (χ0v) is 12.9. The molecule has 1 aromatic rings. The van der Waals surface area contributed by atoms with Gasteiger partial charge >= 0.3 is 0 Å². The first kappa shape index (κ1) is 15.6. The fourth-order valence-corrected chi connectivity index (χ4v) is 2.22. The van der Waals surface area contributed by atoms with Gasteiger partial charge in [-0.2, -0.15) is 0 Å². The van der Waals surface area contributed by atoms with Crippen molar-refractivity contribution in [3.8, 4) is 11.5 Å². The van der Waals surface area contributed by atoms with Crippen LogP contribution in [-0.4, -0.2) is 32.2 Å². The van der Waals surface area contributed by atoms with Crippen molar-refractivity contribution in [1.82, 2.24) is 10.6 Å². The fourth-order valence-electron chi connectivity index (χ4n) is 2.22. The van der Waals surface area contributed by atoms with Crippen LogP contribution in [0.2, 0.25) is 0 Å². The Morgan fingerprint density at radius 3 is 2.67 bits per heavy atom. The molecule has 0 bridgehead atoms. The summed E-state index contributed by atoms with van der Waals surface area (Å²) in [7, 11) is 0. The first-order chi connectivity index (χ1) is 10.1. The van der Waals surface area contributed by atoms with E-state index >= 15 is 0 Å².